The highest BCUT2D eigenvalue weighted by molar-refractivity contribution is 5.29. The molecule has 0 aliphatic carbocycles. The van der Waals surface area contributed by atoms with E-state index in [9.17, 15) is 0 Å². The van der Waals surface area contributed by atoms with Gasteiger partial charge in [-0.3, -0.25) is 0 Å². The molecule has 0 radical (unpaired) electrons. The van der Waals surface area contributed by atoms with E-state index in [0.29, 0.717) is 0 Å². The van der Waals surface area contributed by atoms with Gasteiger partial charge in [0.05, 0.1) is 0 Å². The topological polar surface area (TPSA) is 0 Å². The monoisotopic (exact) mass is 174 g/mol. The zero-order valence-corrected chi connectivity index (χ0v) is 8.42. The highest BCUT2D eigenvalue weighted by Gasteiger charge is 1.93. The standard InChI is InChI=1S/C13H18/c1-5-8-10-13(9-6-2)11-12(4)7-3/h5-6,8-10H,1-2,4,7,11H2,3H3/b10-8-,13-9+. The molecule has 0 atom stereocenters. The van der Waals surface area contributed by atoms with Gasteiger partial charge in [-0.1, -0.05) is 62.6 Å². The van der Waals surface area contributed by atoms with Crippen molar-refractivity contribution in [3.8, 4) is 0 Å². The van der Waals surface area contributed by atoms with E-state index in [0.717, 1.165) is 12.8 Å². The molecule has 0 bridgehead atoms. The summed E-state index contributed by atoms with van der Waals surface area (Å²) in [6.07, 6.45) is 11.5. The Morgan fingerprint density at radius 2 is 1.92 bits per heavy atom. The van der Waals surface area contributed by atoms with Crippen LogP contribution in [0.15, 0.2) is 61.3 Å². The summed E-state index contributed by atoms with van der Waals surface area (Å²) in [6, 6.07) is 0. The summed E-state index contributed by atoms with van der Waals surface area (Å²) in [5, 5.41) is 0. The Balaban J connectivity index is 4.34. The van der Waals surface area contributed by atoms with Gasteiger partial charge in [0.2, 0.25) is 0 Å². The minimum Gasteiger partial charge on any atom is -0.0995 e. The molecule has 0 aromatic rings. The van der Waals surface area contributed by atoms with Crippen LogP contribution >= 0.6 is 0 Å². The van der Waals surface area contributed by atoms with Gasteiger partial charge in [-0.2, -0.15) is 0 Å². The molecule has 0 aromatic carbocycles. The third-order valence-electron chi connectivity index (χ3n) is 1.73. The van der Waals surface area contributed by atoms with Gasteiger partial charge in [0.25, 0.3) is 0 Å². The normalized spacial score (nSPS) is 11.6. The Labute approximate surface area is 81.7 Å². The van der Waals surface area contributed by atoms with Crippen molar-refractivity contribution in [3.05, 3.63) is 61.3 Å². The van der Waals surface area contributed by atoms with Gasteiger partial charge in [-0.05, 0) is 18.4 Å². The first-order valence-corrected chi connectivity index (χ1v) is 4.52. The fraction of sp³-hybridized carbons (Fsp3) is 0.231. The largest absolute Gasteiger partial charge is 0.0995 e. The molecule has 0 aromatic heterocycles. The number of hydrogen-bond donors (Lipinski definition) is 0. The van der Waals surface area contributed by atoms with E-state index in [1.165, 1.54) is 11.1 Å². The average Bonchev–Trinajstić information content (AvgIpc) is 2.14. The first-order valence-electron chi connectivity index (χ1n) is 4.52. The van der Waals surface area contributed by atoms with Crippen LogP contribution in [0.25, 0.3) is 0 Å². The van der Waals surface area contributed by atoms with E-state index in [1.807, 2.05) is 18.2 Å². The van der Waals surface area contributed by atoms with Crippen molar-refractivity contribution in [1.82, 2.24) is 0 Å². The number of allylic oxidation sites excluding steroid dienone is 7. The molecule has 0 amide bonds. The van der Waals surface area contributed by atoms with Crippen LogP contribution in [0.1, 0.15) is 19.8 Å². The van der Waals surface area contributed by atoms with Crippen LogP contribution in [0.3, 0.4) is 0 Å². The Hall–Kier alpha value is -1.30. The van der Waals surface area contributed by atoms with E-state index < -0.39 is 0 Å². The first kappa shape index (κ1) is 11.7. The lowest BCUT2D eigenvalue weighted by atomic mass is 10.0. The van der Waals surface area contributed by atoms with Crippen LogP contribution in [0.5, 0.6) is 0 Å². The second kappa shape index (κ2) is 7.35. The van der Waals surface area contributed by atoms with Gasteiger partial charge < -0.3 is 0 Å². The predicted octanol–water partition coefficient (Wildman–Crippen LogP) is 4.20. The Bertz CT molecular complexity index is 239. The van der Waals surface area contributed by atoms with Gasteiger partial charge in [0.1, 0.15) is 0 Å². The highest BCUT2D eigenvalue weighted by atomic mass is 14.0. The summed E-state index contributed by atoms with van der Waals surface area (Å²) in [5.74, 6) is 0. The van der Waals surface area contributed by atoms with E-state index in [1.54, 1.807) is 12.2 Å². The number of hydrogen-bond acceptors (Lipinski definition) is 0. The van der Waals surface area contributed by atoms with Gasteiger partial charge in [0, 0.05) is 0 Å². The van der Waals surface area contributed by atoms with E-state index in [4.69, 9.17) is 0 Å². The second-order valence-electron chi connectivity index (χ2n) is 2.85. The highest BCUT2D eigenvalue weighted by Crippen LogP contribution is 2.13. The fourth-order valence-corrected chi connectivity index (χ4v) is 0.930. The third kappa shape index (κ3) is 5.92. The molecule has 0 nitrogen and oxygen atoms in total. The second-order valence-corrected chi connectivity index (χ2v) is 2.85. The summed E-state index contributed by atoms with van der Waals surface area (Å²) in [4.78, 5) is 0. The molecule has 0 saturated carbocycles. The molecule has 0 unspecified atom stereocenters. The van der Waals surface area contributed by atoms with Crippen LogP contribution < -0.4 is 0 Å². The first-order chi connectivity index (χ1) is 6.24. The summed E-state index contributed by atoms with van der Waals surface area (Å²) in [7, 11) is 0. The van der Waals surface area contributed by atoms with E-state index in [2.05, 4.69) is 26.7 Å². The summed E-state index contributed by atoms with van der Waals surface area (Å²) >= 11 is 0. The predicted molar refractivity (Wildman–Crippen MR) is 61.7 cm³/mol. The van der Waals surface area contributed by atoms with Crippen molar-refractivity contribution >= 4 is 0 Å². The lowest BCUT2D eigenvalue weighted by Crippen LogP contribution is -1.82. The minimum absolute atomic E-state index is 0.923. The van der Waals surface area contributed by atoms with Gasteiger partial charge in [-0.25, -0.2) is 0 Å². The molecule has 0 aliphatic heterocycles. The Kier molecular flexibility index (Phi) is 6.62. The van der Waals surface area contributed by atoms with Crippen LogP contribution in [-0.2, 0) is 0 Å². The minimum atomic E-state index is 0.923. The summed E-state index contributed by atoms with van der Waals surface area (Å²) in [5.41, 5.74) is 2.46. The van der Waals surface area contributed by atoms with Crippen LogP contribution in [-0.4, -0.2) is 0 Å². The molecule has 0 spiro atoms. The Morgan fingerprint density at radius 1 is 1.23 bits per heavy atom. The van der Waals surface area contributed by atoms with Crippen molar-refractivity contribution in [2.24, 2.45) is 0 Å². The molecule has 0 heterocycles. The van der Waals surface area contributed by atoms with Crippen molar-refractivity contribution in [2.45, 2.75) is 19.8 Å². The average molecular weight is 174 g/mol. The van der Waals surface area contributed by atoms with Gasteiger partial charge in [0.15, 0.2) is 0 Å². The lowest BCUT2D eigenvalue weighted by molar-refractivity contribution is 1.02. The maximum absolute atomic E-state index is 3.97. The zero-order chi connectivity index (χ0) is 10.1. The molecule has 0 saturated heterocycles. The van der Waals surface area contributed by atoms with Crippen molar-refractivity contribution in [2.75, 3.05) is 0 Å². The maximum Gasteiger partial charge on any atom is -0.00699 e. The quantitative estimate of drug-likeness (QED) is 0.418. The lowest BCUT2D eigenvalue weighted by Gasteiger charge is -2.02. The van der Waals surface area contributed by atoms with E-state index >= 15 is 0 Å². The fourth-order valence-electron chi connectivity index (χ4n) is 0.930. The molecular formula is C13H18. The molecule has 0 fully saturated rings. The van der Waals surface area contributed by atoms with Crippen LogP contribution in [0.4, 0.5) is 0 Å². The molecule has 13 heavy (non-hydrogen) atoms. The molecule has 0 N–H and O–H groups in total. The van der Waals surface area contributed by atoms with Gasteiger partial charge in [-0.15, -0.1) is 0 Å². The van der Waals surface area contributed by atoms with E-state index in [-0.39, 0.29) is 0 Å². The zero-order valence-electron chi connectivity index (χ0n) is 8.42. The van der Waals surface area contributed by atoms with Crippen LogP contribution in [0, 0.1) is 0 Å². The van der Waals surface area contributed by atoms with Crippen molar-refractivity contribution in [1.29, 1.82) is 0 Å². The SMILES string of the molecule is C=C/C=C\C(=C/C=C)CC(=C)CC. The van der Waals surface area contributed by atoms with Crippen molar-refractivity contribution < 1.29 is 0 Å². The molecule has 0 heteroatoms. The Morgan fingerprint density at radius 3 is 2.38 bits per heavy atom. The third-order valence-corrected chi connectivity index (χ3v) is 1.73. The molecule has 0 aliphatic rings. The maximum atomic E-state index is 3.97. The molecule has 70 valence electrons. The summed E-state index contributed by atoms with van der Waals surface area (Å²) in [6.45, 7) is 13.4. The molecule has 0 rings (SSSR count). The van der Waals surface area contributed by atoms with Crippen molar-refractivity contribution in [3.63, 3.8) is 0 Å². The molecular weight excluding hydrogens is 156 g/mol. The smallest absolute Gasteiger partial charge is 0.00699 e. The van der Waals surface area contributed by atoms with Gasteiger partial charge >= 0.3 is 0 Å². The summed E-state index contributed by atoms with van der Waals surface area (Å²) < 4.78 is 0. The van der Waals surface area contributed by atoms with Crippen LogP contribution in [0.2, 0.25) is 0 Å². The number of rotatable bonds is 6.